The third-order valence-electron chi connectivity index (χ3n) is 3.93. The number of rotatable bonds is 3. The van der Waals surface area contributed by atoms with Crippen molar-refractivity contribution in [2.24, 2.45) is 5.73 Å². The fourth-order valence-corrected chi connectivity index (χ4v) is 2.82. The molecule has 1 aromatic heterocycles. The summed E-state index contributed by atoms with van der Waals surface area (Å²) in [6.45, 7) is 0.248. The minimum absolute atomic E-state index is 0.0967. The second kappa shape index (κ2) is 6.01. The van der Waals surface area contributed by atoms with Gasteiger partial charge in [0.2, 0.25) is 5.91 Å². The van der Waals surface area contributed by atoms with Gasteiger partial charge in [0, 0.05) is 12.0 Å². The first-order chi connectivity index (χ1) is 11.5. The van der Waals surface area contributed by atoms with E-state index in [2.05, 4.69) is 4.98 Å². The molecule has 120 valence electrons. The van der Waals surface area contributed by atoms with Gasteiger partial charge in [-0.05, 0) is 12.0 Å². The average Bonchev–Trinajstić information content (AvgIpc) is 2.58. The zero-order valence-electron chi connectivity index (χ0n) is 12.7. The molecule has 0 bridgehead atoms. The summed E-state index contributed by atoms with van der Waals surface area (Å²) in [6.07, 6.45) is 0.392. The van der Waals surface area contributed by atoms with E-state index in [1.165, 1.54) is 4.90 Å². The zero-order chi connectivity index (χ0) is 17.3. The van der Waals surface area contributed by atoms with E-state index in [4.69, 9.17) is 5.73 Å². The number of pyridine rings is 1. The number of aromatic nitrogens is 1. The Balaban J connectivity index is 2.16. The first kappa shape index (κ1) is 15.5. The summed E-state index contributed by atoms with van der Waals surface area (Å²) in [5.41, 5.74) is 6.24. The molecule has 24 heavy (non-hydrogen) atoms. The lowest BCUT2D eigenvalue weighted by molar-refractivity contribution is -0.119. The Hall–Kier alpha value is -3.40. The number of primary amides is 1. The molecule has 0 unspecified atom stereocenters. The lowest BCUT2D eigenvalue weighted by Crippen LogP contribution is -2.36. The predicted molar refractivity (Wildman–Crippen MR) is 85.1 cm³/mol. The van der Waals surface area contributed by atoms with Crippen LogP contribution in [-0.4, -0.2) is 21.9 Å². The van der Waals surface area contributed by atoms with Crippen molar-refractivity contribution < 1.29 is 14.7 Å². The average molecular weight is 322 g/mol. The molecule has 1 aliphatic heterocycles. The third-order valence-corrected chi connectivity index (χ3v) is 3.93. The van der Waals surface area contributed by atoms with Crippen LogP contribution < -0.4 is 10.6 Å². The van der Waals surface area contributed by atoms with Crippen molar-refractivity contribution in [1.82, 2.24) is 4.98 Å². The van der Waals surface area contributed by atoms with Crippen molar-refractivity contribution in [2.45, 2.75) is 19.4 Å². The van der Waals surface area contributed by atoms with Crippen molar-refractivity contribution in [3.63, 3.8) is 0 Å². The Morgan fingerprint density at radius 1 is 1.33 bits per heavy atom. The highest BCUT2D eigenvalue weighted by Gasteiger charge is 2.32. The van der Waals surface area contributed by atoms with Gasteiger partial charge in [0.1, 0.15) is 6.07 Å². The Kier molecular flexibility index (Phi) is 3.88. The number of nitrogens with zero attached hydrogens (tertiary/aromatic N) is 3. The number of nitriles is 1. The van der Waals surface area contributed by atoms with E-state index < -0.39 is 5.91 Å². The van der Waals surface area contributed by atoms with E-state index in [1.807, 2.05) is 36.4 Å². The van der Waals surface area contributed by atoms with Crippen LogP contribution in [0.4, 0.5) is 5.69 Å². The second-order valence-corrected chi connectivity index (χ2v) is 5.43. The number of fused-ring (bicyclic) bond motifs is 1. The maximum atomic E-state index is 12.4. The maximum Gasteiger partial charge on any atom is 0.271 e. The Morgan fingerprint density at radius 2 is 2.04 bits per heavy atom. The van der Waals surface area contributed by atoms with Crippen molar-refractivity contribution in [1.29, 1.82) is 5.26 Å². The predicted octanol–water partition coefficient (Wildman–Crippen LogP) is 1.24. The van der Waals surface area contributed by atoms with E-state index in [0.29, 0.717) is 5.56 Å². The van der Waals surface area contributed by atoms with E-state index in [1.54, 1.807) is 0 Å². The van der Waals surface area contributed by atoms with Gasteiger partial charge in [-0.15, -0.1) is 0 Å². The summed E-state index contributed by atoms with van der Waals surface area (Å²) in [4.78, 5) is 29.1. The normalized spacial score (nSPS) is 13.3. The number of carbonyl (C=O) groups excluding carboxylic acids is 2. The summed E-state index contributed by atoms with van der Waals surface area (Å²) < 4.78 is 0. The van der Waals surface area contributed by atoms with Crippen LogP contribution >= 0.6 is 0 Å². The lowest BCUT2D eigenvalue weighted by atomic mass is 9.97. The quantitative estimate of drug-likeness (QED) is 0.880. The third kappa shape index (κ3) is 2.54. The molecule has 3 N–H and O–H groups in total. The van der Waals surface area contributed by atoms with Gasteiger partial charge in [-0.3, -0.25) is 9.59 Å². The number of hydrogen-bond acceptors (Lipinski definition) is 5. The van der Waals surface area contributed by atoms with Gasteiger partial charge in [0.25, 0.3) is 5.91 Å². The van der Waals surface area contributed by atoms with Crippen LogP contribution in [0.1, 0.15) is 33.7 Å². The van der Waals surface area contributed by atoms with Gasteiger partial charge in [-0.2, -0.15) is 5.26 Å². The molecular formula is C17H14N4O3. The van der Waals surface area contributed by atoms with E-state index in [-0.39, 0.29) is 48.1 Å². The molecule has 2 heterocycles. The molecule has 7 heteroatoms. The van der Waals surface area contributed by atoms with Crippen LogP contribution in [0, 0.1) is 11.3 Å². The summed E-state index contributed by atoms with van der Waals surface area (Å²) in [6, 6.07) is 11.2. The van der Waals surface area contributed by atoms with Crippen LogP contribution in [0.25, 0.3) is 0 Å². The molecule has 0 saturated heterocycles. The number of amides is 2. The maximum absolute atomic E-state index is 12.4. The summed E-state index contributed by atoms with van der Waals surface area (Å²) in [7, 11) is 0. The number of nitrogens with two attached hydrogens (primary N) is 1. The fraction of sp³-hybridized carbons (Fsp3) is 0.176. The first-order valence-electron chi connectivity index (χ1n) is 7.33. The minimum atomic E-state index is -0.918. The molecule has 1 aliphatic rings. The number of aromatic hydroxyl groups is 1. The molecule has 7 nitrogen and oxygen atoms in total. The molecule has 0 spiro atoms. The molecule has 2 amide bonds. The van der Waals surface area contributed by atoms with Crippen molar-refractivity contribution in [2.75, 3.05) is 4.90 Å². The number of benzene rings is 1. The highest BCUT2D eigenvalue weighted by Crippen LogP contribution is 2.38. The molecule has 3 rings (SSSR count). The molecule has 0 fully saturated rings. The smallest absolute Gasteiger partial charge is 0.271 e. The van der Waals surface area contributed by atoms with Crippen LogP contribution in [0.3, 0.4) is 0 Å². The van der Waals surface area contributed by atoms with Gasteiger partial charge in [0.15, 0.2) is 17.1 Å². The van der Waals surface area contributed by atoms with Crippen LogP contribution in [0.15, 0.2) is 30.3 Å². The fourth-order valence-electron chi connectivity index (χ4n) is 2.82. The molecular weight excluding hydrogens is 308 g/mol. The SMILES string of the molecule is N#Cc1nc(C(N)=O)c(O)c2c1N(Cc1ccccc1)C(=O)CC2. The van der Waals surface area contributed by atoms with Crippen LogP contribution in [-0.2, 0) is 17.8 Å². The molecule has 0 saturated carbocycles. The standard InChI is InChI=1S/C17H14N4O3/c18-8-12-15-11(16(23)14(20-12)17(19)24)6-7-13(22)21(15)9-10-4-2-1-3-5-10/h1-5,23H,6-7,9H2,(H2,19,24). The monoisotopic (exact) mass is 322 g/mol. The minimum Gasteiger partial charge on any atom is -0.505 e. The molecule has 0 radical (unpaired) electrons. The van der Waals surface area contributed by atoms with Crippen molar-refractivity contribution in [3.8, 4) is 11.8 Å². The molecule has 1 aromatic carbocycles. The van der Waals surface area contributed by atoms with E-state index in [0.717, 1.165) is 5.56 Å². The van der Waals surface area contributed by atoms with Crippen LogP contribution in [0.2, 0.25) is 0 Å². The zero-order valence-corrected chi connectivity index (χ0v) is 12.7. The van der Waals surface area contributed by atoms with Gasteiger partial charge in [-0.25, -0.2) is 4.98 Å². The van der Waals surface area contributed by atoms with Gasteiger partial charge in [0.05, 0.1) is 12.2 Å². The Labute approximate surface area is 138 Å². The number of hydrogen-bond donors (Lipinski definition) is 2. The molecule has 0 atom stereocenters. The number of carbonyl (C=O) groups is 2. The van der Waals surface area contributed by atoms with Crippen molar-refractivity contribution in [3.05, 3.63) is 52.8 Å². The lowest BCUT2D eigenvalue weighted by Gasteiger charge is -2.30. The summed E-state index contributed by atoms with van der Waals surface area (Å²) in [5, 5.41) is 19.7. The van der Waals surface area contributed by atoms with Crippen LogP contribution in [0.5, 0.6) is 5.75 Å². The Bertz CT molecular complexity index is 872. The van der Waals surface area contributed by atoms with E-state index in [9.17, 15) is 20.0 Å². The molecule has 2 aromatic rings. The van der Waals surface area contributed by atoms with Gasteiger partial charge >= 0.3 is 0 Å². The first-order valence-corrected chi connectivity index (χ1v) is 7.33. The largest absolute Gasteiger partial charge is 0.505 e. The second-order valence-electron chi connectivity index (χ2n) is 5.43. The Morgan fingerprint density at radius 3 is 2.67 bits per heavy atom. The summed E-state index contributed by atoms with van der Waals surface area (Å²) >= 11 is 0. The van der Waals surface area contributed by atoms with Gasteiger partial charge < -0.3 is 15.7 Å². The van der Waals surface area contributed by atoms with E-state index >= 15 is 0 Å². The highest BCUT2D eigenvalue weighted by molar-refractivity contribution is 6.01. The molecule has 0 aliphatic carbocycles. The topological polar surface area (TPSA) is 120 Å². The highest BCUT2D eigenvalue weighted by atomic mass is 16.3. The van der Waals surface area contributed by atoms with Gasteiger partial charge in [-0.1, -0.05) is 30.3 Å². The summed E-state index contributed by atoms with van der Waals surface area (Å²) in [5.74, 6) is -1.45. The van der Waals surface area contributed by atoms with Crippen molar-refractivity contribution >= 4 is 17.5 Å². The number of anilines is 1.